The van der Waals surface area contributed by atoms with Gasteiger partial charge in [0.05, 0.1) is 57.8 Å². The number of hydrogen-bond donors (Lipinski definition) is 0. The Balaban J connectivity index is 1.49. The van der Waals surface area contributed by atoms with E-state index >= 15 is 0 Å². The Bertz CT molecular complexity index is 1160. The number of ketones is 1. The van der Waals surface area contributed by atoms with E-state index in [0.717, 1.165) is 11.3 Å². The topological polar surface area (TPSA) is 124 Å². The number of nitrogens with zero attached hydrogens (tertiary/aromatic N) is 2. The molecule has 1 aromatic carbocycles. The van der Waals surface area contributed by atoms with Gasteiger partial charge in [-0.2, -0.15) is 0 Å². The molecule has 11 nitrogen and oxygen atoms in total. The van der Waals surface area contributed by atoms with E-state index in [0.29, 0.717) is 49.5 Å². The zero-order valence-corrected chi connectivity index (χ0v) is 20.9. The van der Waals surface area contributed by atoms with Crippen LogP contribution in [0.25, 0.3) is 10.9 Å². The third kappa shape index (κ3) is 7.67. The van der Waals surface area contributed by atoms with E-state index in [1.165, 1.54) is 12.5 Å². The highest BCUT2D eigenvalue weighted by Gasteiger charge is 2.21. The molecule has 0 saturated heterocycles. The molecule has 0 radical (unpaired) electrons. The second-order valence-electron chi connectivity index (χ2n) is 7.30. The van der Waals surface area contributed by atoms with Crippen molar-refractivity contribution in [1.29, 1.82) is 0 Å². The van der Waals surface area contributed by atoms with Crippen molar-refractivity contribution in [2.24, 2.45) is 0 Å². The van der Waals surface area contributed by atoms with Gasteiger partial charge in [0.2, 0.25) is 5.78 Å². The number of ether oxygens (including phenoxy) is 6. The fraction of sp³-hybridized carbons (Fsp3) is 0.417. The van der Waals surface area contributed by atoms with Gasteiger partial charge in [0, 0.05) is 24.1 Å². The maximum atomic E-state index is 13.1. The summed E-state index contributed by atoms with van der Waals surface area (Å²) in [6.07, 6.45) is 1.60. The molecule has 3 rings (SSSR count). The van der Waals surface area contributed by atoms with Crippen molar-refractivity contribution in [2.45, 2.75) is 6.73 Å². The van der Waals surface area contributed by atoms with Crippen LogP contribution in [-0.4, -0.2) is 87.7 Å². The number of esters is 2. The maximum Gasteiger partial charge on any atom is 0.357 e. The summed E-state index contributed by atoms with van der Waals surface area (Å²) in [7, 11) is 2.86. The van der Waals surface area contributed by atoms with Gasteiger partial charge in [-0.1, -0.05) is 18.2 Å². The SMILES string of the molecule is COCCOCCOCCOCC(=O)OCn1cc(C(=O)c2nc(C(=O)OC)cs2)c2ccccc21. The summed E-state index contributed by atoms with van der Waals surface area (Å²) in [6, 6.07) is 7.23. The number of carbonyl (C=O) groups is 3. The van der Waals surface area contributed by atoms with Crippen LogP contribution in [0.3, 0.4) is 0 Å². The summed E-state index contributed by atoms with van der Waals surface area (Å²) in [6.45, 7) is 2.15. The summed E-state index contributed by atoms with van der Waals surface area (Å²) in [4.78, 5) is 40.9. The molecule has 2 aromatic heterocycles. The molecule has 0 bridgehead atoms. The predicted octanol–water partition coefficient (Wildman–Crippen LogP) is 2.31. The van der Waals surface area contributed by atoms with E-state index in [1.54, 1.807) is 30.0 Å². The molecule has 12 heteroatoms. The van der Waals surface area contributed by atoms with Crippen LogP contribution in [0, 0.1) is 0 Å². The second kappa shape index (κ2) is 14.4. The Kier molecular flexibility index (Phi) is 11.0. The molecule has 0 fully saturated rings. The monoisotopic (exact) mass is 520 g/mol. The molecule has 0 spiro atoms. The number of hydrogen-bond acceptors (Lipinski definition) is 11. The maximum absolute atomic E-state index is 13.1. The van der Waals surface area contributed by atoms with Crippen LogP contribution in [0.1, 0.15) is 25.9 Å². The molecule has 0 aliphatic carbocycles. The van der Waals surface area contributed by atoms with E-state index in [1.807, 2.05) is 12.1 Å². The number of fused-ring (bicyclic) bond motifs is 1. The standard InChI is InChI=1S/C24H28N2O9S/c1-30-7-8-32-9-10-33-11-12-34-14-21(27)35-16-26-13-18(17-5-3-4-6-20(17)26)22(28)23-25-19(15-36-23)24(29)31-2/h3-6,13,15H,7-12,14,16H2,1-2H3. The van der Waals surface area contributed by atoms with Crippen molar-refractivity contribution in [3.8, 4) is 0 Å². The minimum atomic E-state index is -0.611. The highest BCUT2D eigenvalue weighted by Crippen LogP contribution is 2.25. The minimum absolute atomic E-state index is 0.0735. The lowest BCUT2D eigenvalue weighted by atomic mass is 10.1. The van der Waals surface area contributed by atoms with E-state index in [-0.39, 0.29) is 36.4 Å². The zero-order chi connectivity index (χ0) is 25.8. The van der Waals surface area contributed by atoms with Crippen molar-refractivity contribution in [3.63, 3.8) is 0 Å². The molecule has 194 valence electrons. The highest BCUT2D eigenvalue weighted by molar-refractivity contribution is 7.12. The third-order valence-electron chi connectivity index (χ3n) is 4.89. The molecular weight excluding hydrogens is 492 g/mol. The van der Waals surface area contributed by atoms with E-state index in [4.69, 9.17) is 23.7 Å². The summed E-state index contributed by atoms with van der Waals surface area (Å²) in [5, 5.41) is 2.31. The van der Waals surface area contributed by atoms with Crippen molar-refractivity contribution >= 4 is 40.0 Å². The highest BCUT2D eigenvalue weighted by atomic mass is 32.1. The molecule has 0 N–H and O–H groups in total. The van der Waals surface area contributed by atoms with Crippen molar-refractivity contribution in [1.82, 2.24) is 9.55 Å². The van der Waals surface area contributed by atoms with Crippen LogP contribution in [-0.2, 0) is 39.9 Å². The number of rotatable bonds is 16. The zero-order valence-electron chi connectivity index (χ0n) is 20.1. The van der Waals surface area contributed by atoms with Crippen LogP contribution < -0.4 is 0 Å². The average Bonchev–Trinajstić information content (AvgIpc) is 3.53. The minimum Gasteiger partial charge on any atom is -0.464 e. The second-order valence-corrected chi connectivity index (χ2v) is 8.16. The smallest absolute Gasteiger partial charge is 0.357 e. The molecule has 0 atom stereocenters. The van der Waals surface area contributed by atoms with E-state index in [9.17, 15) is 14.4 Å². The molecule has 0 aliphatic heterocycles. The number of benzene rings is 1. The fourth-order valence-corrected chi connectivity index (χ4v) is 3.89. The quantitative estimate of drug-likeness (QED) is 0.158. The first-order chi connectivity index (χ1) is 17.5. The van der Waals surface area contributed by atoms with Gasteiger partial charge in [0.15, 0.2) is 17.4 Å². The van der Waals surface area contributed by atoms with Crippen LogP contribution in [0.2, 0.25) is 0 Å². The number of methoxy groups -OCH3 is 2. The average molecular weight is 521 g/mol. The predicted molar refractivity (Wildman–Crippen MR) is 129 cm³/mol. The first-order valence-corrected chi connectivity index (χ1v) is 12.0. The molecular formula is C24H28N2O9S. The Morgan fingerprint density at radius 1 is 0.944 bits per heavy atom. The Hall–Kier alpha value is -3.16. The first-order valence-electron chi connectivity index (χ1n) is 11.1. The van der Waals surface area contributed by atoms with Gasteiger partial charge >= 0.3 is 11.9 Å². The van der Waals surface area contributed by atoms with Gasteiger partial charge < -0.3 is 33.0 Å². The number of carbonyl (C=O) groups excluding carboxylic acids is 3. The normalized spacial score (nSPS) is 11.1. The lowest BCUT2D eigenvalue weighted by Crippen LogP contribution is -2.17. The van der Waals surface area contributed by atoms with Crippen LogP contribution >= 0.6 is 11.3 Å². The Labute approximate surface area is 211 Å². The number of para-hydroxylation sites is 1. The Morgan fingerprint density at radius 2 is 1.64 bits per heavy atom. The lowest BCUT2D eigenvalue weighted by Gasteiger charge is -2.08. The lowest BCUT2D eigenvalue weighted by molar-refractivity contribution is -0.153. The first kappa shape index (κ1) is 27.4. The molecule has 0 aliphatic rings. The summed E-state index contributed by atoms with van der Waals surface area (Å²) < 4.78 is 32.4. The van der Waals surface area contributed by atoms with Crippen molar-refractivity contribution in [2.75, 3.05) is 60.5 Å². The van der Waals surface area contributed by atoms with Crippen molar-refractivity contribution in [3.05, 3.63) is 52.1 Å². The molecule has 36 heavy (non-hydrogen) atoms. The Morgan fingerprint density at radius 3 is 2.36 bits per heavy atom. The number of aromatic nitrogens is 2. The largest absolute Gasteiger partial charge is 0.464 e. The van der Waals surface area contributed by atoms with Crippen LogP contribution in [0.4, 0.5) is 0 Å². The number of thiazole rings is 1. The van der Waals surface area contributed by atoms with Gasteiger partial charge in [-0.05, 0) is 6.07 Å². The van der Waals surface area contributed by atoms with Gasteiger partial charge in [-0.25, -0.2) is 14.6 Å². The van der Waals surface area contributed by atoms with Crippen LogP contribution in [0.5, 0.6) is 0 Å². The molecule has 0 unspecified atom stereocenters. The molecule has 3 aromatic rings. The van der Waals surface area contributed by atoms with E-state index in [2.05, 4.69) is 9.72 Å². The summed E-state index contributed by atoms with van der Waals surface area (Å²) in [5.41, 5.74) is 1.16. The van der Waals surface area contributed by atoms with E-state index < -0.39 is 11.9 Å². The van der Waals surface area contributed by atoms with Gasteiger partial charge in [0.1, 0.15) is 6.61 Å². The van der Waals surface area contributed by atoms with Crippen molar-refractivity contribution < 1.29 is 42.8 Å². The summed E-state index contributed by atoms with van der Waals surface area (Å²) >= 11 is 1.06. The van der Waals surface area contributed by atoms with Gasteiger partial charge in [-0.3, -0.25) is 4.79 Å². The molecule has 0 amide bonds. The van der Waals surface area contributed by atoms with Gasteiger partial charge in [-0.15, -0.1) is 11.3 Å². The van der Waals surface area contributed by atoms with Gasteiger partial charge in [0.25, 0.3) is 0 Å². The molecule has 0 saturated carbocycles. The van der Waals surface area contributed by atoms with Crippen LogP contribution in [0.15, 0.2) is 35.8 Å². The third-order valence-corrected chi connectivity index (χ3v) is 5.73. The fourth-order valence-electron chi connectivity index (χ4n) is 3.15. The summed E-state index contributed by atoms with van der Waals surface area (Å²) in [5.74, 6) is -1.50. The molecule has 2 heterocycles.